The summed E-state index contributed by atoms with van der Waals surface area (Å²) in [6.07, 6.45) is 1.65. The van der Waals surface area contributed by atoms with E-state index in [4.69, 9.17) is 4.98 Å². The lowest BCUT2D eigenvalue weighted by atomic mass is 9.70. The quantitative estimate of drug-likeness (QED) is 0.156. The van der Waals surface area contributed by atoms with Crippen molar-refractivity contribution in [2.45, 2.75) is 5.41 Å². The molecule has 1 spiro atoms. The van der Waals surface area contributed by atoms with Gasteiger partial charge in [0, 0.05) is 27.4 Å². The topological polar surface area (TPSA) is 32.3 Å². The zero-order valence-electron chi connectivity index (χ0n) is 35.5. The summed E-state index contributed by atoms with van der Waals surface area (Å²) in [7, 11) is 0. The van der Waals surface area contributed by atoms with Crippen LogP contribution in [0.4, 0.5) is 38.6 Å². The van der Waals surface area contributed by atoms with Crippen LogP contribution in [0.15, 0.2) is 225 Å². The van der Waals surface area contributed by atoms with Crippen LogP contribution in [0.5, 0.6) is 0 Å². The predicted molar refractivity (Wildman–Crippen MR) is 269 cm³/mol. The van der Waals surface area contributed by atoms with Crippen LogP contribution in [0.1, 0.15) is 22.3 Å². The van der Waals surface area contributed by atoms with Gasteiger partial charge in [-0.1, -0.05) is 164 Å². The van der Waals surface area contributed by atoms with Gasteiger partial charge in [-0.25, -0.2) is 14.4 Å². The van der Waals surface area contributed by atoms with Gasteiger partial charge in [0.15, 0.2) is 0 Å². The molecule has 0 amide bonds. The Bertz CT molecular complexity index is 3890. The summed E-state index contributed by atoms with van der Waals surface area (Å²) in [5, 5.41) is 7.56. The van der Waals surface area contributed by atoms with Crippen molar-refractivity contribution < 1.29 is 4.39 Å². The fraction of sp³-hybridized carbons (Fsp3) is 0.0164. The van der Waals surface area contributed by atoms with E-state index in [1.165, 1.54) is 33.4 Å². The molecule has 308 valence electrons. The lowest BCUT2D eigenvalue weighted by molar-refractivity contribution is 0.629. The summed E-state index contributed by atoms with van der Waals surface area (Å²) in [6, 6.07) is 76.7. The Morgan fingerprint density at radius 2 is 0.894 bits per heavy atom. The number of halogens is 1. The largest absolute Gasteiger partial charge is 0.306 e. The van der Waals surface area contributed by atoms with Crippen LogP contribution >= 0.6 is 0 Å². The van der Waals surface area contributed by atoms with Gasteiger partial charge < -0.3 is 4.90 Å². The summed E-state index contributed by atoms with van der Waals surface area (Å²) >= 11 is 0. The maximum absolute atomic E-state index is 16.9. The minimum absolute atomic E-state index is 0.295. The number of benzene rings is 11. The molecule has 11 aromatic carbocycles. The highest BCUT2D eigenvalue weighted by Gasteiger charge is 2.52. The second kappa shape index (κ2) is 13.9. The van der Waals surface area contributed by atoms with Crippen LogP contribution in [0.3, 0.4) is 0 Å². The molecule has 0 aliphatic heterocycles. The Balaban J connectivity index is 1.05. The molecule has 0 N–H and O–H groups in total. The van der Waals surface area contributed by atoms with E-state index in [9.17, 15) is 0 Å². The standard InChI is InChI=1S/C61H37FN4/c62-51-25-11-13-27-55(51)66(56-28-14-24-50-59(56)43-19-6-10-23-49(43)61(50)47-21-8-4-17-41(47)42-18-5-9-22-48(42)61)54-36-32-39-29-33-45-53(35-31-38-30-34-46(54)58(39)57(38)45)65(40-15-2-1-3-16-40)60-44-20-7-12-26-52(44)63-37-64-60/h1-37H. The zero-order chi connectivity index (χ0) is 43.5. The minimum Gasteiger partial charge on any atom is -0.306 e. The highest BCUT2D eigenvalue weighted by Crippen LogP contribution is 2.65. The van der Waals surface area contributed by atoms with Gasteiger partial charge >= 0.3 is 0 Å². The van der Waals surface area contributed by atoms with Crippen LogP contribution < -0.4 is 9.80 Å². The second-order valence-corrected chi connectivity index (χ2v) is 17.4. The second-order valence-electron chi connectivity index (χ2n) is 17.4. The van der Waals surface area contributed by atoms with E-state index in [0.29, 0.717) is 5.69 Å². The molecule has 0 radical (unpaired) electrons. The number of hydrogen-bond donors (Lipinski definition) is 0. The van der Waals surface area contributed by atoms with E-state index in [2.05, 4.69) is 185 Å². The van der Waals surface area contributed by atoms with E-state index in [-0.39, 0.29) is 5.82 Å². The first kappa shape index (κ1) is 36.8. The SMILES string of the molecule is Fc1ccccc1N(c1cccc2c1-c1ccccc1C21c2ccccc2-c2ccccc21)c1ccc2ccc3c(N(c4ccccc4)c4ncnc5ccccc45)ccc4ccc1c2c43. The van der Waals surface area contributed by atoms with Crippen LogP contribution in [0.2, 0.25) is 0 Å². The third-order valence-electron chi connectivity index (χ3n) is 14.2. The molecular formula is C61H37FN4. The molecule has 2 aliphatic rings. The third-order valence-corrected chi connectivity index (χ3v) is 14.2. The van der Waals surface area contributed by atoms with Crippen molar-refractivity contribution >= 4 is 77.5 Å². The molecule has 0 saturated carbocycles. The molecule has 0 atom stereocenters. The zero-order valence-corrected chi connectivity index (χ0v) is 35.5. The number of hydrogen-bond acceptors (Lipinski definition) is 4. The molecule has 1 aromatic heterocycles. The van der Waals surface area contributed by atoms with Gasteiger partial charge in [-0.2, -0.15) is 0 Å². The fourth-order valence-corrected chi connectivity index (χ4v) is 11.6. The summed E-state index contributed by atoms with van der Waals surface area (Å²) in [4.78, 5) is 14.0. The average molecular weight is 845 g/mol. The molecule has 4 nitrogen and oxygen atoms in total. The molecule has 2 aliphatic carbocycles. The van der Waals surface area contributed by atoms with Crippen molar-refractivity contribution in [2.75, 3.05) is 9.80 Å². The van der Waals surface area contributed by atoms with Crippen molar-refractivity contribution in [1.82, 2.24) is 9.97 Å². The Labute approximate surface area is 380 Å². The highest BCUT2D eigenvalue weighted by atomic mass is 19.1. The summed E-state index contributed by atoms with van der Waals surface area (Å²) in [6.45, 7) is 0. The molecule has 0 saturated heterocycles. The minimum atomic E-state index is -0.547. The van der Waals surface area contributed by atoms with Gasteiger partial charge in [-0.05, 0) is 115 Å². The van der Waals surface area contributed by atoms with Gasteiger partial charge in [0.1, 0.15) is 18.0 Å². The Morgan fingerprint density at radius 3 is 1.59 bits per heavy atom. The Morgan fingerprint density at radius 1 is 0.364 bits per heavy atom. The normalized spacial score (nSPS) is 13.0. The van der Waals surface area contributed by atoms with E-state index < -0.39 is 5.41 Å². The van der Waals surface area contributed by atoms with Crippen molar-refractivity contribution in [1.29, 1.82) is 0 Å². The molecule has 0 unspecified atom stereocenters. The van der Waals surface area contributed by atoms with Crippen molar-refractivity contribution in [3.8, 4) is 22.3 Å². The summed E-state index contributed by atoms with van der Waals surface area (Å²) in [5.41, 5.74) is 14.3. The van der Waals surface area contributed by atoms with Gasteiger partial charge in [-0.3, -0.25) is 4.90 Å². The first-order chi connectivity index (χ1) is 32.7. The Hall–Kier alpha value is -8.67. The molecule has 14 rings (SSSR count). The van der Waals surface area contributed by atoms with Gasteiger partial charge in [0.05, 0.1) is 33.7 Å². The molecule has 66 heavy (non-hydrogen) atoms. The summed E-state index contributed by atoms with van der Waals surface area (Å²) < 4.78 is 16.9. The molecule has 12 aromatic rings. The lowest BCUT2D eigenvalue weighted by Gasteiger charge is -2.32. The van der Waals surface area contributed by atoms with Gasteiger partial charge in [0.25, 0.3) is 0 Å². The maximum Gasteiger partial charge on any atom is 0.148 e. The predicted octanol–water partition coefficient (Wildman–Crippen LogP) is 15.9. The van der Waals surface area contributed by atoms with Crippen molar-refractivity contribution in [3.05, 3.63) is 253 Å². The first-order valence-electron chi connectivity index (χ1n) is 22.4. The van der Waals surface area contributed by atoms with Gasteiger partial charge in [0.2, 0.25) is 0 Å². The summed E-state index contributed by atoms with van der Waals surface area (Å²) in [5.74, 6) is 0.507. The third kappa shape index (κ3) is 4.91. The number of rotatable bonds is 6. The van der Waals surface area contributed by atoms with Crippen LogP contribution in [0, 0.1) is 5.82 Å². The number of nitrogens with zero attached hydrogens (tertiary/aromatic N) is 4. The van der Waals surface area contributed by atoms with Crippen LogP contribution in [-0.2, 0) is 5.41 Å². The van der Waals surface area contributed by atoms with Crippen LogP contribution in [-0.4, -0.2) is 9.97 Å². The number of anilines is 6. The van der Waals surface area contributed by atoms with Crippen molar-refractivity contribution in [2.24, 2.45) is 0 Å². The van der Waals surface area contributed by atoms with E-state index in [1.807, 2.05) is 36.4 Å². The fourth-order valence-electron chi connectivity index (χ4n) is 11.6. The molecule has 5 heteroatoms. The number of para-hydroxylation sites is 3. The molecule has 1 heterocycles. The van der Waals surface area contributed by atoms with Crippen LogP contribution in [0.25, 0.3) is 65.5 Å². The number of aromatic nitrogens is 2. The maximum atomic E-state index is 16.9. The number of fused-ring (bicyclic) bond motifs is 11. The Kier molecular flexibility index (Phi) is 7.75. The van der Waals surface area contributed by atoms with E-state index in [1.54, 1.807) is 18.5 Å². The lowest BCUT2D eigenvalue weighted by Crippen LogP contribution is -2.26. The van der Waals surface area contributed by atoms with Crippen molar-refractivity contribution in [3.63, 3.8) is 0 Å². The van der Waals surface area contributed by atoms with Gasteiger partial charge in [-0.15, -0.1) is 0 Å². The van der Waals surface area contributed by atoms with E-state index in [0.717, 1.165) is 82.9 Å². The molecular weight excluding hydrogens is 808 g/mol. The highest BCUT2D eigenvalue weighted by molar-refractivity contribution is 6.28. The molecule has 0 bridgehead atoms. The smallest absolute Gasteiger partial charge is 0.148 e. The van der Waals surface area contributed by atoms with E-state index >= 15 is 4.39 Å². The molecule has 0 fully saturated rings. The monoisotopic (exact) mass is 844 g/mol. The first-order valence-corrected chi connectivity index (χ1v) is 22.4. The average Bonchev–Trinajstić information content (AvgIpc) is 3.85.